The van der Waals surface area contributed by atoms with Crippen molar-refractivity contribution < 1.29 is 26.3 Å². The second-order valence-electron chi connectivity index (χ2n) is 4.55. The van der Waals surface area contributed by atoms with Crippen LogP contribution in [-0.4, -0.2) is 57.8 Å². The van der Waals surface area contributed by atoms with Crippen molar-refractivity contribution in [2.45, 2.75) is 31.5 Å². The van der Waals surface area contributed by atoms with Gasteiger partial charge < -0.3 is 10.5 Å². The molecule has 1 rings (SSSR count). The van der Waals surface area contributed by atoms with Crippen LogP contribution in [0.1, 0.15) is 19.3 Å². The number of rotatable bonds is 7. The molecule has 1 aliphatic heterocycles. The molecule has 0 amide bonds. The molecule has 0 aromatic rings. The number of ether oxygens (including phenoxy) is 1. The van der Waals surface area contributed by atoms with Crippen LogP contribution in [0.3, 0.4) is 0 Å². The number of piperidine rings is 1. The highest BCUT2D eigenvalue weighted by atomic mass is 32.2. The highest BCUT2D eigenvalue weighted by Crippen LogP contribution is 2.18. The summed E-state index contributed by atoms with van der Waals surface area (Å²) >= 11 is 0. The lowest BCUT2D eigenvalue weighted by atomic mass is 10.1. The summed E-state index contributed by atoms with van der Waals surface area (Å²) in [5.41, 5.74) is 5.32. The Labute approximate surface area is 116 Å². The van der Waals surface area contributed by atoms with Gasteiger partial charge in [0.05, 0.1) is 6.10 Å². The predicted molar refractivity (Wildman–Crippen MR) is 67.2 cm³/mol. The minimum atomic E-state index is -4.56. The van der Waals surface area contributed by atoms with Crippen molar-refractivity contribution in [1.29, 1.82) is 0 Å². The Morgan fingerprint density at radius 2 is 1.90 bits per heavy atom. The summed E-state index contributed by atoms with van der Waals surface area (Å²) in [7, 11) is -4.08. The van der Waals surface area contributed by atoms with E-state index in [1.807, 2.05) is 0 Å². The van der Waals surface area contributed by atoms with E-state index in [9.17, 15) is 21.6 Å². The maximum atomic E-state index is 12.0. The van der Waals surface area contributed by atoms with E-state index in [1.165, 1.54) is 0 Å². The van der Waals surface area contributed by atoms with E-state index in [0.717, 1.165) is 10.7 Å². The Bertz CT molecular complexity index is 381. The molecule has 0 spiro atoms. The van der Waals surface area contributed by atoms with Crippen LogP contribution in [0.15, 0.2) is 0 Å². The van der Waals surface area contributed by atoms with Crippen molar-refractivity contribution in [2.75, 3.05) is 32.8 Å². The van der Waals surface area contributed by atoms with Crippen molar-refractivity contribution in [2.24, 2.45) is 5.73 Å². The Morgan fingerprint density at radius 3 is 2.40 bits per heavy atom. The van der Waals surface area contributed by atoms with Crippen molar-refractivity contribution in [3.63, 3.8) is 0 Å². The molecule has 1 fully saturated rings. The molecule has 6 nitrogen and oxygen atoms in total. The van der Waals surface area contributed by atoms with Crippen LogP contribution in [0.2, 0.25) is 0 Å². The van der Waals surface area contributed by atoms with Gasteiger partial charge >= 0.3 is 6.18 Å². The first-order chi connectivity index (χ1) is 9.24. The standard InChI is InChI=1S/C10H20F3N3O3S/c11-10(12,13)8-15-20(17,18)16-5-2-9(3-6-16)19-7-1-4-14/h9,15H,1-8,14H2. The number of hydrogen-bond donors (Lipinski definition) is 2. The normalized spacial score (nSPS) is 19.4. The van der Waals surface area contributed by atoms with Gasteiger partial charge in [0.25, 0.3) is 10.2 Å². The number of alkyl halides is 3. The fraction of sp³-hybridized carbons (Fsp3) is 1.00. The van der Waals surface area contributed by atoms with E-state index < -0.39 is 22.9 Å². The molecule has 1 heterocycles. The Hall–Kier alpha value is -0.420. The van der Waals surface area contributed by atoms with Crippen molar-refractivity contribution in [3.8, 4) is 0 Å². The van der Waals surface area contributed by atoms with Crippen LogP contribution in [0, 0.1) is 0 Å². The molecule has 0 aromatic heterocycles. The van der Waals surface area contributed by atoms with Gasteiger partial charge in [0.1, 0.15) is 6.54 Å². The summed E-state index contributed by atoms with van der Waals surface area (Å²) in [6.45, 7) is -0.210. The van der Waals surface area contributed by atoms with Crippen LogP contribution in [-0.2, 0) is 14.9 Å². The molecule has 0 atom stereocenters. The molecule has 1 saturated heterocycles. The van der Waals surface area contributed by atoms with E-state index in [0.29, 0.717) is 26.0 Å². The van der Waals surface area contributed by atoms with Crippen LogP contribution in [0.4, 0.5) is 13.2 Å². The van der Waals surface area contributed by atoms with E-state index in [-0.39, 0.29) is 19.2 Å². The van der Waals surface area contributed by atoms with E-state index >= 15 is 0 Å². The zero-order chi connectivity index (χ0) is 15.2. The van der Waals surface area contributed by atoms with Gasteiger partial charge in [-0.2, -0.15) is 30.6 Å². The molecule has 120 valence electrons. The minimum absolute atomic E-state index is 0.0596. The van der Waals surface area contributed by atoms with Gasteiger partial charge in [-0.25, -0.2) is 0 Å². The van der Waals surface area contributed by atoms with E-state index in [4.69, 9.17) is 10.5 Å². The molecular formula is C10H20F3N3O3S. The monoisotopic (exact) mass is 319 g/mol. The lowest BCUT2D eigenvalue weighted by molar-refractivity contribution is -0.121. The lowest BCUT2D eigenvalue weighted by Crippen LogP contribution is -2.48. The maximum Gasteiger partial charge on any atom is 0.402 e. The largest absolute Gasteiger partial charge is 0.402 e. The van der Waals surface area contributed by atoms with Crippen molar-refractivity contribution >= 4 is 10.2 Å². The van der Waals surface area contributed by atoms with Gasteiger partial charge in [0.15, 0.2) is 0 Å². The first kappa shape index (κ1) is 17.6. The van der Waals surface area contributed by atoms with Gasteiger partial charge in [0, 0.05) is 19.7 Å². The molecule has 0 bridgehead atoms. The third-order valence-electron chi connectivity index (χ3n) is 2.90. The van der Waals surface area contributed by atoms with Gasteiger partial charge in [0.2, 0.25) is 0 Å². The highest BCUT2D eigenvalue weighted by molar-refractivity contribution is 7.87. The van der Waals surface area contributed by atoms with Crippen molar-refractivity contribution in [3.05, 3.63) is 0 Å². The summed E-state index contributed by atoms with van der Waals surface area (Å²) in [5, 5.41) is 0. The van der Waals surface area contributed by atoms with Gasteiger partial charge in [-0.1, -0.05) is 0 Å². The molecule has 0 saturated carbocycles. The third-order valence-corrected chi connectivity index (χ3v) is 4.45. The molecule has 3 N–H and O–H groups in total. The summed E-state index contributed by atoms with van der Waals surface area (Å²) in [4.78, 5) is 0. The zero-order valence-electron chi connectivity index (χ0n) is 11.0. The van der Waals surface area contributed by atoms with Crippen LogP contribution in [0.25, 0.3) is 0 Å². The van der Waals surface area contributed by atoms with Crippen LogP contribution in [0.5, 0.6) is 0 Å². The molecule has 0 radical (unpaired) electrons. The number of nitrogens with zero attached hydrogens (tertiary/aromatic N) is 1. The topological polar surface area (TPSA) is 84.7 Å². The first-order valence-corrected chi connectivity index (χ1v) is 7.82. The molecule has 1 aliphatic rings. The van der Waals surface area contributed by atoms with E-state index in [2.05, 4.69) is 0 Å². The number of halogens is 3. The lowest BCUT2D eigenvalue weighted by Gasteiger charge is -2.31. The minimum Gasteiger partial charge on any atom is -0.378 e. The first-order valence-electron chi connectivity index (χ1n) is 6.38. The van der Waals surface area contributed by atoms with Gasteiger partial charge in [-0.3, -0.25) is 0 Å². The third kappa shape index (κ3) is 6.35. The molecule has 0 unspecified atom stereocenters. The average Bonchev–Trinajstić information content (AvgIpc) is 2.37. The predicted octanol–water partition coefficient (Wildman–Crippen LogP) is 0.213. The van der Waals surface area contributed by atoms with Crippen LogP contribution < -0.4 is 10.5 Å². The number of nitrogens with one attached hydrogen (secondary N) is 1. The van der Waals surface area contributed by atoms with Gasteiger partial charge in [-0.05, 0) is 25.8 Å². The Balaban J connectivity index is 2.36. The second kappa shape index (κ2) is 7.55. The SMILES string of the molecule is NCCCOC1CCN(S(=O)(=O)NCC(F)(F)F)CC1. The zero-order valence-corrected chi connectivity index (χ0v) is 11.8. The second-order valence-corrected chi connectivity index (χ2v) is 6.31. The van der Waals surface area contributed by atoms with Gasteiger partial charge in [-0.15, -0.1) is 0 Å². The summed E-state index contributed by atoms with van der Waals surface area (Å²) in [5.74, 6) is 0. The number of hydrogen-bond acceptors (Lipinski definition) is 4. The molecular weight excluding hydrogens is 299 g/mol. The van der Waals surface area contributed by atoms with Crippen LogP contribution >= 0.6 is 0 Å². The molecule has 10 heteroatoms. The Kier molecular flexibility index (Phi) is 6.65. The summed E-state index contributed by atoms with van der Waals surface area (Å²) < 4.78 is 67.4. The number of nitrogens with two attached hydrogens (primary N) is 1. The maximum absolute atomic E-state index is 12.0. The van der Waals surface area contributed by atoms with E-state index in [1.54, 1.807) is 4.72 Å². The van der Waals surface area contributed by atoms with Crippen molar-refractivity contribution in [1.82, 2.24) is 9.03 Å². The fourth-order valence-corrected chi connectivity index (χ4v) is 3.06. The quantitative estimate of drug-likeness (QED) is 0.657. The summed E-state index contributed by atoms with van der Waals surface area (Å²) in [6.07, 6.45) is -2.95. The molecule has 20 heavy (non-hydrogen) atoms. The highest BCUT2D eigenvalue weighted by Gasteiger charge is 2.33. The molecule has 0 aromatic carbocycles. The Morgan fingerprint density at radius 1 is 1.30 bits per heavy atom. The molecule has 0 aliphatic carbocycles. The smallest absolute Gasteiger partial charge is 0.378 e. The average molecular weight is 319 g/mol. The fourth-order valence-electron chi connectivity index (χ4n) is 1.84. The summed E-state index contributed by atoms with van der Waals surface area (Å²) in [6, 6.07) is 0.